The van der Waals surface area contributed by atoms with Gasteiger partial charge < -0.3 is 0 Å². The monoisotopic (exact) mass is 780 g/mol. The molecular formula is C38H76O4S2Sn. The van der Waals surface area contributed by atoms with Gasteiger partial charge in [0.2, 0.25) is 0 Å². The van der Waals surface area contributed by atoms with Crippen LogP contribution < -0.4 is 0 Å². The molecule has 0 aromatic rings. The van der Waals surface area contributed by atoms with E-state index < -0.39 is 28.7 Å². The number of hydrogen-bond acceptors (Lipinski definition) is 6. The van der Waals surface area contributed by atoms with Crippen molar-refractivity contribution in [2.24, 2.45) is 23.7 Å². The number of unbranched alkanes of at least 4 members (excludes halogenated alkanes) is 8. The van der Waals surface area contributed by atoms with Crippen molar-refractivity contribution in [1.82, 2.24) is 0 Å². The molecule has 268 valence electrons. The van der Waals surface area contributed by atoms with E-state index in [1.54, 1.807) is 0 Å². The molecule has 0 aromatic carbocycles. The summed E-state index contributed by atoms with van der Waals surface area (Å²) in [5, 5.41) is 0. The van der Waals surface area contributed by atoms with E-state index in [0.29, 0.717) is 49.4 Å². The molecule has 0 aromatic heterocycles. The SMILES string of the molecule is CC(C)CCCCCC(S)(CCCCCC(C)C)C(=O)[O][Sn]([CH3])([CH3])[O]C(=O)C(S)(CCCCCC(C)C)CCCCCC(C)C. The average molecular weight is 780 g/mol. The van der Waals surface area contributed by atoms with E-state index in [1.165, 1.54) is 51.4 Å². The average Bonchev–Trinajstić information content (AvgIpc) is 2.91. The standard InChI is InChI=1S/2C18H36O2S.2CH3.Sn/c2*1-15(2)11-7-5-9-13-18(21,17(19)20)14-10-6-8-12-16(3)4;;;/h2*15-16,21H,5-14H2,1-4H3,(H,19,20);2*1H3;/q;;;;+2/p-2. The molecule has 0 unspecified atom stereocenters. The second-order valence-corrected chi connectivity index (χ2v) is 27.1. The summed E-state index contributed by atoms with van der Waals surface area (Å²) >= 11 is 6.03. The molecule has 0 saturated carbocycles. The van der Waals surface area contributed by atoms with Crippen LogP contribution >= 0.6 is 25.3 Å². The Bertz CT molecular complexity index is 684. The third kappa shape index (κ3) is 23.4. The Morgan fingerprint density at radius 3 is 0.889 bits per heavy atom. The predicted molar refractivity (Wildman–Crippen MR) is 205 cm³/mol. The summed E-state index contributed by atoms with van der Waals surface area (Å²) < 4.78 is 10.8. The minimum absolute atomic E-state index is 0.278. The van der Waals surface area contributed by atoms with Crippen molar-refractivity contribution in [2.45, 2.75) is 203 Å². The van der Waals surface area contributed by atoms with Gasteiger partial charge in [-0.05, 0) is 0 Å². The second kappa shape index (κ2) is 24.6. The molecular weight excluding hydrogens is 703 g/mol. The van der Waals surface area contributed by atoms with E-state index in [1.807, 2.05) is 9.88 Å². The van der Waals surface area contributed by atoms with E-state index in [2.05, 4.69) is 55.4 Å². The zero-order valence-corrected chi connectivity index (χ0v) is 36.1. The Hall–Kier alpha value is 0.439. The molecule has 0 aliphatic rings. The Balaban J connectivity index is 5.47. The first-order valence-electron chi connectivity index (χ1n) is 18.8. The van der Waals surface area contributed by atoms with Gasteiger partial charge >= 0.3 is 299 Å². The van der Waals surface area contributed by atoms with Gasteiger partial charge in [0.25, 0.3) is 0 Å². The van der Waals surface area contributed by atoms with Gasteiger partial charge in [-0.25, -0.2) is 0 Å². The van der Waals surface area contributed by atoms with Crippen molar-refractivity contribution >= 4 is 56.4 Å². The quantitative estimate of drug-likeness (QED) is 0.0472. The third-order valence-corrected chi connectivity index (χ3v) is 14.0. The Morgan fingerprint density at radius 2 is 0.689 bits per heavy atom. The summed E-state index contributed by atoms with van der Waals surface area (Å²) in [6.45, 7) is 18.1. The molecule has 0 heterocycles. The fourth-order valence-corrected chi connectivity index (χ4v) is 10.9. The second-order valence-electron chi connectivity index (χ2n) is 16.2. The summed E-state index contributed by atoms with van der Waals surface area (Å²) in [7, 11) is 0. The van der Waals surface area contributed by atoms with E-state index >= 15 is 0 Å². The first-order valence-corrected chi connectivity index (χ1v) is 27.8. The zero-order chi connectivity index (χ0) is 34.5. The maximum atomic E-state index is 13.8. The van der Waals surface area contributed by atoms with Crippen molar-refractivity contribution in [2.75, 3.05) is 0 Å². The van der Waals surface area contributed by atoms with E-state index in [0.717, 1.165) is 51.4 Å². The molecule has 45 heavy (non-hydrogen) atoms. The molecule has 0 N–H and O–H groups in total. The van der Waals surface area contributed by atoms with Crippen LogP contribution in [-0.4, -0.2) is 40.6 Å². The van der Waals surface area contributed by atoms with Gasteiger partial charge in [-0.15, -0.1) is 0 Å². The maximum absolute atomic E-state index is 13.8. The Kier molecular flexibility index (Phi) is 24.8. The van der Waals surface area contributed by atoms with Crippen LogP contribution in [0.1, 0.15) is 184 Å². The summed E-state index contributed by atoms with van der Waals surface area (Å²) in [5.41, 5.74) is 0. The summed E-state index contributed by atoms with van der Waals surface area (Å²) in [6, 6.07) is 0. The molecule has 0 spiro atoms. The van der Waals surface area contributed by atoms with Crippen LogP contribution in [-0.2, 0) is 15.7 Å². The topological polar surface area (TPSA) is 52.6 Å². The predicted octanol–water partition coefficient (Wildman–Crippen LogP) is 12.5. The van der Waals surface area contributed by atoms with Gasteiger partial charge in [0.05, 0.1) is 0 Å². The van der Waals surface area contributed by atoms with Crippen molar-refractivity contribution in [3.8, 4) is 0 Å². The molecule has 0 radical (unpaired) electrons. The molecule has 0 saturated heterocycles. The molecule has 0 fully saturated rings. The Labute approximate surface area is 297 Å². The van der Waals surface area contributed by atoms with Crippen LogP contribution in [0.4, 0.5) is 0 Å². The van der Waals surface area contributed by atoms with E-state index in [4.69, 9.17) is 31.4 Å². The summed E-state index contributed by atoms with van der Waals surface area (Å²) in [4.78, 5) is 31.4. The van der Waals surface area contributed by atoms with Crippen LogP contribution in [0, 0.1) is 23.7 Å². The summed E-state index contributed by atoms with van der Waals surface area (Å²) in [6.07, 6.45) is 20.6. The third-order valence-electron chi connectivity index (χ3n) is 8.92. The molecule has 0 amide bonds. The van der Waals surface area contributed by atoms with E-state index in [9.17, 15) is 9.59 Å². The van der Waals surface area contributed by atoms with Gasteiger partial charge in [-0.2, -0.15) is 0 Å². The van der Waals surface area contributed by atoms with Gasteiger partial charge in [-0.3, -0.25) is 0 Å². The van der Waals surface area contributed by atoms with Crippen LogP contribution in [0.2, 0.25) is 9.88 Å². The van der Waals surface area contributed by atoms with Gasteiger partial charge in [0.1, 0.15) is 0 Å². The fraction of sp³-hybridized carbons (Fsp3) is 0.947. The molecule has 0 atom stereocenters. The van der Waals surface area contributed by atoms with Crippen molar-refractivity contribution in [3.63, 3.8) is 0 Å². The minimum atomic E-state index is -4.01. The molecule has 4 nitrogen and oxygen atoms in total. The summed E-state index contributed by atoms with van der Waals surface area (Å²) in [5.74, 6) is 2.22. The molecule has 0 aliphatic heterocycles. The van der Waals surface area contributed by atoms with Gasteiger partial charge in [0, 0.05) is 0 Å². The number of carbonyl (C=O) groups excluding carboxylic acids is 2. The van der Waals surface area contributed by atoms with Crippen LogP contribution in [0.15, 0.2) is 0 Å². The van der Waals surface area contributed by atoms with Crippen LogP contribution in [0.25, 0.3) is 0 Å². The number of carbonyl (C=O) groups is 2. The van der Waals surface area contributed by atoms with Gasteiger partial charge in [-0.1, -0.05) is 0 Å². The van der Waals surface area contributed by atoms with Crippen molar-refractivity contribution in [1.29, 1.82) is 0 Å². The van der Waals surface area contributed by atoms with Gasteiger partial charge in [0.15, 0.2) is 0 Å². The number of thiol groups is 2. The molecule has 7 heteroatoms. The van der Waals surface area contributed by atoms with Crippen LogP contribution in [0.5, 0.6) is 0 Å². The number of rotatable bonds is 28. The molecule has 0 rings (SSSR count). The number of hydrogen-bond donors (Lipinski definition) is 2. The van der Waals surface area contributed by atoms with Crippen molar-refractivity contribution < 1.29 is 15.7 Å². The Morgan fingerprint density at radius 1 is 0.467 bits per heavy atom. The molecule has 0 aliphatic carbocycles. The van der Waals surface area contributed by atoms with E-state index in [-0.39, 0.29) is 11.9 Å². The van der Waals surface area contributed by atoms with Crippen LogP contribution in [0.3, 0.4) is 0 Å². The molecule has 0 bridgehead atoms. The fourth-order valence-electron chi connectivity index (χ4n) is 5.90. The first kappa shape index (κ1) is 45.4. The first-order chi connectivity index (χ1) is 20.9. The normalized spacial score (nSPS) is 13.0. The zero-order valence-electron chi connectivity index (χ0n) is 31.5. The van der Waals surface area contributed by atoms with Crippen molar-refractivity contribution in [3.05, 3.63) is 0 Å².